The second-order valence-corrected chi connectivity index (χ2v) is 11.1. The van der Waals surface area contributed by atoms with E-state index in [1.165, 1.54) is 11.3 Å². The van der Waals surface area contributed by atoms with E-state index in [1.54, 1.807) is 6.07 Å². The number of anilines is 2. The Morgan fingerprint density at radius 2 is 1.97 bits per heavy atom. The molecule has 2 amide bonds. The van der Waals surface area contributed by atoms with E-state index >= 15 is 0 Å². The minimum atomic E-state index is -0.885. The van der Waals surface area contributed by atoms with E-state index in [9.17, 15) is 9.59 Å². The van der Waals surface area contributed by atoms with Crippen molar-refractivity contribution in [2.24, 2.45) is 0 Å². The molecule has 1 aliphatic heterocycles. The van der Waals surface area contributed by atoms with E-state index in [-0.39, 0.29) is 11.8 Å². The Morgan fingerprint density at radius 3 is 2.66 bits per heavy atom. The van der Waals surface area contributed by atoms with Crippen molar-refractivity contribution in [3.05, 3.63) is 44.6 Å². The Morgan fingerprint density at radius 1 is 1.19 bits per heavy atom. The second-order valence-electron chi connectivity index (χ2n) is 8.21. The van der Waals surface area contributed by atoms with Crippen LogP contribution in [0.3, 0.4) is 0 Å². The maximum absolute atomic E-state index is 13.3. The molecular formula is C23H26BrN3O3S2. The summed E-state index contributed by atoms with van der Waals surface area (Å²) in [5.74, 6) is -0.369. The smallest absolute Gasteiger partial charge is 0.262 e. The molecule has 4 rings (SSSR count). The zero-order valence-electron chi connectivity index (χ0n) is 17.9. The van der Waals surface area contributed by atoms with Crippen LogP contribution in [0.5, 0.6) is 0 Å². The van der Waals surface area contributed by atoms with Gasteiger partial charge in [-0.25, -0.2) is 0 Å². The lowest BCUT2D eigenvalue weighted by molar-refractivity contribution is -0.122. The normalized spacial score (nSPS) is 18.3. The number of carbonyl (C=O) groups is 2. The first-order valence-corrected chi connectivity index (χ1v) is 12.8. The zero-order valence-corrected chi connectivity index (χ0v) is 21.1. The van der Waals surface area contributed by atoms with Gasteiger partial charge in [0.25, 0.3) is 5.91 Å². The summed E-state index contributed by atoms with van der Waals surface area (Å²) in [5.41, 5.74) is 1.89. The van der Waals surface area contributed by atoms with Crippen LogP contribution in [0.2, 0.25) is 0 Å². The quantitative estimate of drug-likeness (QED) is 0.524. The molecule has 0 radical (unpaired) electrons. The summed E-state index contributed by atoms with van der Waals surface area (Å²) in [6, 6.07) is 9.46. The molecule has 32 heavy (non-hydrogen) atoms. The maximum atomic E-state index is 13.3. The Hall–Kier alpha value is -1.81. The van der Waals surface area contributed by atoms with Crippen molar-refractivity contribution in [2.75, 3.05) is 30.0 Å². The molecule has 2 fully saturated rings. The number of rotatable bonds is 5. The standard InChI is InChI=1S/C23H26BrN3O3S2/c1-15-14-16(4-5-17(15)27-11-13-30-12-8-20(27)31)25-22(29)23(9-2-3-10-23)26-21(28)18-6-7-19(24)32-18/h4-7,14H,2-3,8-13H2,1H3,(H,25,29)(H,26,28). The minimum absolute atomic E-state index is 0.162. The molecule has 1 saturated heterocycles. The van der Waals surface area contributed by atoms with Gasteiger partial charge in [-0.1, -0.05) is 25.1 Å². The lowest BCUT2D eigenvalue weighted by Crippen LogP contribution is -2.54. The molecule has 9 heteroatoms. The zero-order chi connectivity index (χ0) is 22.7. The van der Waals surface area contributed by atoms with Gasteiger partial charge in [-0.3, -0.25) is 9.59 Å². The number of aryl methyl sites for hydroxylation is 1. The highest BCUT2D eigenvalue weighted by atomic mass is 79.9. The fraction of sp³-hybridized carbons (Fsp3) is 0.435. The first-order valence-electron chi connectivity index (χ1n) is 10.8. The van der Waals surface area contributed by atoms with Crippen LogP contribution in [0.1, 0.15) is 47.3 Å². The third kappa shape index (κ3) is 5.06. The van der Waals surface area contributed by atoms with Crippen molar-refractivity contribution >= 4 is 67.7 Å². The van der Waals surface area contributed by atoms with Gasteiger partial charge in [0.1, 0.15) is 5.54 Å². The summed E-state index contributed by atoms with van der Waals surface area (Å²) >= 11 is 10.3. The van der Waals surface area contributed by atoms with E-state index in [4.69, 9.17) is 17.0 Å². The van der Waals surface area contributed by atoms with Gasteiger partial charge < -0.3 is 20.3 Å². The molecule has 1 aliphatic carbocycles. The van der Waals surface area contributed by atoms with Crippen LogP contribution in [0.4, 0.5) is 11.4 Å². The van der Waals surface area contributed by atoms with Crippen LogP contribution in [0.25, 0.3) is 0 Å². The lowest BCUT2D eigenvalue weighted by Gasteiger charge is -2.29. The van der Waals surface area contributed by atoms with Crippen molar-refractivity contribution in [3.8, 4) is 0 Å². The molecule has 0 spiro atoms. The summed E-state index contributed by atoms with van der Waals surface area (Å²) in [4.78, 5) is 29.7. The second kappa shape index (κ2) is 9.99. The van der Waals surface area contributed by atoms with Gasteiger partial charge in [0.2, 0.25) is 5.91 Å². The van der Waals surface area contributed by atoms with Crippen molar-refractivity contribution in [2.45, 2.75) is 44.6 Å². The molecule has 0 atom stereocenters. The van der Waals surface area contributed by atoms with Crippen LogP contribution in [0, 0.1) is 6.92 Å². The number of nitrogens with one attached hydrogen (secondary N) is 2. The topological polar surface area (TPSA) is 70.7 Å². The lowest BCUT2D eigenvalue weighted by atomic mass is 9.95. The number of hydrogen-bond acceptors (Lipinski definition) is 5. The fourth-order valence-electron chi connectivity index (χ4n) is 4.32. The van der Waals surface area contributed by atoms with E-state index in [0.717, 1.165) is 45.8 Å². The monoisotopic (exact) mass is 535 g/mol. The largest absolute Gasteiger partial charge is 0.379 e. The molecule has 0 unspecified atom stereocenters. The van der Waals surface area contributed by atoms with E-state index < -0.39 is 5.54 Å². The van der Waals surface area contributed by atoms with Gasteiger partial charge in [-0.2, -0.15) is 0 Å². The molecule has 2 aliphatic rings. The summed E-state index contributed by atoms with van der Waals surface area (Å²) in [6.45, 7) is 4.03. The molecule has 1 saturated carbocycles. The van der Waals surface area contributed by atoms with Crippen molar-refractivity contribution in [1.82, 2.24) is 5.32 Å². The molecule has 2 heterocycles. The SMILES string of the molecule is Cc1cc(NC(=O)C2(NC(=O)c3ccc(Br)s3)CCCC2)ccc1N1CCOCCC1=S. The highest BCUT2D eigenvalue weighted by Gasteiger charge is 2.42. The fourth-order valence-corrected chi connectivity index (χ4v) is 5.88. The molecule has 170 valence electrons. The molecule has 2 N–H and O–H groups in total. The van der Waals surface area contributed by atoms with Gasteiger partial charge >= 0.3 is 0 Å². The van der Waals surface area contributed by atoms with Gasteiger partial charge in [0, 0.05) is 24.3 Å². The van der Waals surface area contributed by atoms with Crippen LogP contribution in [-0.4, -0.2) is 42.1 Å². The average Bonchev–Trinajstić information content (AvgIpc) is 3.36. The Kier molecular flexibility index (Phi) is 7.29. The Bertz CT molecular complexity index is 1030. The summed E-state index contributed by atoms with van der Waals surface area (Å²) in [5, 5.41) is 6.08. The van der Waals surface area contributed by atoms with Crippen molar-refractivity contribution in [3.63, 3.8) is 0 Å². The van der Waals surface area contributed by atoms with E-state index in [1.807, 2.05) is 31.2 Å². The Balaban J connectivity index is 1.49. The highest BCUT2D eigenvalue weighted by Crippen LogP contribution is 2.33. The van der Waals surface area contributed by atoms with Crippen LogP contribution >= 0.6 is 39.5 Å². The number of hydrogen-bond donors (Lipinski definition) is 2. The third-order valence-corrected chi connectivity index (χ3v) is 8.05. The predicted molar refractivity (Wildman–Crippen MR) is 136 cm³/mol. The number of amides is 2. The first-order chi connectivity index (χ1) is 15.4. The van der Waals surface area contributed by atoms with Gasteiger partial charge in [-0.05, 0) is 71.6 Å². The number of ether oxygens (including phenoxy) is 1. The summed E-state index contributed by atoms with van der Waals surface area (Å²) in [7, 11) is 0. The van der Waals surface area contributed by atoms with Gasteiger partial charge in [-0.15, -0.1) is 11.3 Å². The average molecular weight is 537 g/mol. The number of carbonyl (C=O) groups excluding carboxylic acids is 2. The molecule has 6 nitrogen and oxygen atoms in total. The number of nitrogens with zero attached hydrogens (tertiary/aromatic N) is 1. The number of halogens is 1. The van der Waals surface area contributed by atoms with E-state index in [2.05, 4.69) is 31.5 Å². The van der Waals surface area contributed by atoms with Gasteiger partial charge in [0.05, 0.1) is 26.9 Å². The van der Waals surface area contributed by atoms with Crippen molar-refractivity contribution < 1.29 is 14.3 Å². The molecular weight excluding hydrogens is 510 g/mol. The first kappa shape index (κ1) is 23.4. The van der Waals surface area contributed by atoms with Crippen molar-refractivity contribution in [1.29, 1.82) is 0 Å². The third-order valence-electron chi connectivity index (χ3n) is 6.01. The van der Waals surface area contributed by atoms with Crippen LogP contribution < -0.4 is 15.5 Å². The van der Waals surface area contributed by atoms with Gasteiger partial charge in [0.15, 0.2) is 0 Å². The molecule has 0 bridgehead atoms. The predicted octanol–water partition coefficient (Wildman–Crippen LogP) is 5.05. The number of benzene rings is 1. The molecule has 1 aromatic heterocycles. The number of thiophene rings is 1. The summed E-state index contributed by atoms with van der Waals surface area (Å²) in [6.07, 6.45) is 3.82. The van der Waals surface area contributed by atoms with Crippen LogP contribution in [-0.2, 0) is 9.53 Å². The van der Waals surface area contributed by atoms with E-state index in [0.29, 0.717) is 36.6 Å². The maximum Gasteiger partial charge on any atom is 0.262 e. The highest BCUT2D eigenvalue weighted by molar-refractivity contribution is 9.11. The molecule has 1 aromatic carbocycles. The van der Waals surface area contributed by atoms with Crippen LogP contribution in [0.15, 0.2) is 34.1 Å². The molecule has 2 aromatic rings. The summed E-state index contributed by atoms with van der Waals surface area (Å²) < 4.78 is 6.43. The number of thiocarbonyl (C=S) groups is 1. The Labute approximate surface area is 205 Å². The minimum Gasteiger partial charge on any atom is -0.379 e.